The number of amides is 1. The fraction of sp³-hybridized carbons (Fsp3) is 0.909. The minimum atomic E-state index is 0.0332. The summed E-state index contributed by atoms with van der Waals surface area (Å²) in [5.41, 5.74) is 0. The lowest BCUT2D eigenvalue weighted by Crippen LogP contribution is -2.43. The molecule has 2 fully saturated rings. The number of aliphatic hydroxyl groups excluding tert-OH is 1. The Morgan fingerprint density at radius 1 is 1.40 bits per heavy atom. The molecule has 86 valence electrons. The van der Waals surface area contributed by atoms with Crippen LogP contribution in [-0.4, -0.2) is 48.3 Å². The van der Waals surface area contributed by atoms with E-state index in [1.54, 1.807) is 0 Å². The van der Waals surface area contributed by atoms with Gasteiger partial charge in [-0.2, -0.15) is 0 Å². The van der Waals surface area contributed by atoms with Crippen LogP contribution in [0.25, 0.3) is 0 Å². The first-order valence-corrected chi connectivity index (χ1v) is 5.82. The van der Waals surface area contributed by atoms with Gasteiger partial charge in [-0.05, 0) is 25.7 Å². The van der Waals surface area contributed by atoms with Gasteiger partial charge < -0.3 is 14.7 Å². The lowest BCUT2D eigenvalue weighted by atomic mass is 10.0. The molecular formula is C11H19NO3. The minimum Gasteiger partial charge on any atom is -0.394 e. The van der Waals surface area contributed by atoms with Gasteiger partial charge in [0.25, 0.3) is 0 Å². The van der Waals surface area contributed by atoms with Gasteiger partial charge in [0, 0.05) is 13.2 Å². The summed E-state index contributed by atoms with van der Waals surface area (Å²) in [5.74, 6) is 0.220. The molecule has 0 bridgehead atoms. The summed E-state index contributed by atoms with van der Waals surface area (Å²) in [7, 11) is 0. The molecule has 0 aromatic heterocycles. The van der Waals surface area contributed by atoms with Gasteiger partial charge >= 0.3 is 0 Å². The first-order chi connectivity index (χ1) is 7.33. The quantitative estimate of drug-likeness (QED) is 0.722. The molecular weight excluding hydrogens is 194 g/mol. The highest BCUT2D eigenvalue weighted by Crippen LogP contribution is 2.23. The maximum Gasteiger partial charge on any atom is 0.228 e. The summed E-state index contributed by atoms with van der Waals surface area (Å²) < 4.78 is 5.32. The first-order valence-electron chi connectivity index (χ1n) is 5.82. The third-order valence-corrected chi connectivity index (χ3v) is 3.38. The number of aliphatic hydroxyl groups is 1. The summed E-state index contributed by atoms with van der Waals surface area (Å²) in [6, 6.07) is 0.0550. The fourth-order valence-corrected chi connectivity index (χ4v) is 2.49. The predicted molar refractivity (Wildman–Crippen MR) is 55.4 cm³/mol. The van der Waals surface area contributed by atoms with Crippen molar-refractivity contribution in [3.05, 3.63) is 0 Å². The van der Waals surface area contributed by atoms with E-state index in [2.05, 4.69) is 0 Å². The smallest absolute Gasteiger partial charge is 0.228 e. The zero-order chi connectivity index (χ0) is 10.7. The summed E-state index contributed by atoms with van der Waals surface area (Å²) in [6.45, 7) is 2.25. The molecule has 0 saturated carbocycles. The van der Waals surface area contributed by atoms with E-state index in [0.29, 0.717) is 6.61 Å². The summed E-state index contributed by atoms with van der Waals surface area (Å²) in [6.07, 6.45) is 3.88. The Balaban J connectivity index is 1.93. The van der Waals surface area contributed by atoms with Gasteiger partial charge in [-0.3, -0.25) is 4.79 Å². The molecule has 0 aliphatic carbocycles. The van der Waals surface area contributed by atoms with Crippen molar-refractivity contribution >= 4 is 5.91 Å². The second kappa shape index (κ2) is 4.94. The van der Waals surface area contributed by atoms with Crippen molar-refractivity contribution in [3.8, 4) is 0 Å². The largest absolute Gasteiger partial charge is 0.394 e. The SMILES string of the molecule is O=C(C1CCCOC1)N1CCCC1CO. The summed E-state index contributed by atoms with van der Waals surface area (Å²) in [5, 5.41) is 9.16. The average molecular weight is 213 g/mol. The van der Waals surface area contributed by atoms with Gasteiger partial charge in [-0.25, -0.2) is 0 Å². The topological polar surface area (TPSA) is 49.8 Å². The average Bonchev–Trinajstić information content (AvgIpc) is 2.77. The molecule has 2 heterocycles. The Morgan fingerprint density at radius 2 is 2.27 bits per heavy atom. The molecule has 2 aliphatic rings. The molecule has 4 nitrogen and oxygen atoms in total. The van der Waals surface area contributed by atoms with Crippen molar-refractivity contribution in [1.29, 1.82) is 0 Å². The van der Waals surface area contributed by atoms with E-state index in [0.717, 1.165) is 38.8 Å². The standard InChI is InChI=1S/C11H19NO3/c13-7-10-4-1-5-12(10)11(14)9-3-2-6-15-8-9/h9-10,13H,1-8H2. The van der Waals surface area contributed by atoms with Gasteiger partial charge in [0.1, 0.15) is 0 Å². The van der Waals surface area contributed by atoms with Crippen molar-refractivity contribution in [2.75, 3.05) is 26.4 Å². The third kappa shape index (κ3) is 2.32. The Kier molecular flexibility index (Phi) is 3.59. The highest BCUT2D eigenvalue weighted by molar-refractivity contribution is 5.79. The van der Waals surface area contributed by atoms with E-state index in [9.17, 15) is 4.79 Å². The van der Waals surface area contributed by atoms with E-state index >= 15 is 0 Å². The van der Waals surface area contributed by atoms with E-state index in [-0.39, 0.29) is 24.5 Å². The van der Waals surface area contributed by atoms with Crippen LogP contribution in [-0.2, 0) is 9.53 Å². The number of ether oxygens (including phenoxy) is 1. The molecule has 1 amide bonds. The molecule has 2 aliphatic heterocycles. The van der Waals surface area contributed by atoms with Crippen LogP contribution >= 0.6 is 0 Å². The Hall–Kier alpha value is -0.610. The highest BCUT2D eigenvalue weighted by Gasteiger charge is 2.33. The van der Waals surface area contributed by atoms with E-state index < -0.39 is 0 Å². The van der Waals surface area contributed by atoms with E-state index in [1.807, 2.05) is 4.90 Å². The predicted octanol–water partition coefficient (Wildman–Crippen LogP) is 0.396. The van der Waals surface area contributed by atoms with Crippen molar-refractivity contribution in [1.82, 2.24) is 4.90 Å². The van der Waals surface area contributed by atoms with Gasteiger partial charge in [0.05, 0.1) is 25.2 Å². The lowest BCUT2D eigenvalue weighted by molar-refractivity contribution is -0.141. The normalized spacial score (nSPS) is 31.9. The van der Waals surface area contributed by atoms with Crippen LogP contribution in [0.15, 0.2) is 0 Å². The maximum atomic E-state index is 12.1. The second-order valence-corrected chi connectivity index (χ2v) is 4.42. The molecule has 2 saturated heterocycles. The summed E-state index contributed by atoms with van der Waals surface area (Å²) >= 11 is 0. The zero-order valence-electron chi connectivity index (χ0n) is 9.02. The van der Waals surface area contributed by atoms with Crippen LogP contribution in [0.3, 0.4) is 0 Å². The summed E-state index contributed by atoms with van der Waals surface area (Å²) in [4.78, 5) is 14.0. The fourth-order valence-electron chi connectivity index (χ4n) is 2.49. The molecule has 0 aromatic carbocycles. The number of nitrogens with zero attached hydrogens (tertiary/aromatic N) is 1. The van der Waals surface area contributed by atoms with Crippen LogP contribution in [0, 0.1) is 5.92 Å². The van der Waals surface area contributed by atoms with Crippen molar-refractivity contribution in [3.63, 3.8) is 0 Å². The number of hydrogen-bond acceptors (Lipinski definition) is 3. The Morgan fingerprint density at radius 3 is 2.93 bits per heavy atom. The Bertz CT molecular complexity index is 226. The van der Waals surface area contributed by atoms with E-state index in [1.165, 1.54) is 0 Å². The van der Waals surface area contributed by atoms with Gasteiger partial charge in [0.2, 0.25) is 5.91 Å². The number of likely N-dealkylation sites (tertiary alicyclic amines) is 1. The number of rotatable bonds is 2. The van der Waals surface area contributed by atoms with Crippen molar-refractivity contribution < 1.29 is 14.6 Å². The van der Waals surface area contributed by atoms with Crippen LogP contribution in [0.2, 0.25) is 0 Å². The van der Waals surface area contributed by atoms with Crippen LogP contribution < -0.4 is 0 Å². The number of carbonyl (C=O) groups is 1. The molecule has 15 heavy (non-hydrogen) atoms. The molecule has 2 unspecified atom stereocenters. The molecule has 1 N–H and O–H groups in total. The number of carbonyl (C=O) groups excluding carboxylic acids is 1. The van der Waals surface area contributed by atoms with Crippen LogP contribution in [0.1, 0.15) is 25.7 Å². The highest BCUT2D eigenvalue weighted by atomic mass is 16.5. The van der Waals surface area contributed by atoms with E-state index in [4.69, 9.17) is 9.84 Å². The molecule has 0 spiro atoms. The Labute approximate surface area is 90.2 Å². The van der Waals surface area contributed by atoms with Crippen molar-refractivity contribution in [2.24, 2.45) is 5.92 Å². The van der Waals surface area contributed by atoms with Gasteiger partial charge in [-0.1, -0.05) is 0 Å². The molecule has 4 heteroatoms. The monoisotopic (exact) mass is 213 g/mol. The van der Waals surface area contributed by atoms with Gasteiger partial charge in [0.15, 0.2) is 0 Å². The molecule has 2 rings (SSSR count). The second-order valence-electron chi connectivity index (χ2n) is 4.42. The number of hydrogen-bond donors (Lipinski definition) is 1. The first kappa shape index (κ1) is 10.9. The lowest BCUT2D eigenvalue weighted by Gasteiger charge is -2.29. The molecule has 0 aromatic rings. The third-order valence-electron chi connectivity index (χ3n) is 3.38. The zero-order valence-corrected chi connectivity index (χ0v) is 9.02. The van der Waals surface area contributed by atoms with Crippen LogP contribution in [0.4, 0.5) is 0 Å². The maximum absolute atomic E-state index is 12.1. The molecule has 0 radical (unpaired) electrons. The molecule has 2 atom stereocenters. The van der Waals surface area contributed by atoms with Crippen molar-refractivity contribution in [2.45, 2.75) is 31.7 Å². The van der Waals surface area contributed by atoms with Gasteiger partial charge in [-0.15, -0.1) is 0 Å². The minimum absolute atomic E-state index is 0.0332. The van der Waals surface area contributed by atoms with Crippen LogP contribution in [0.5, 0.6) is 0 Å².